The maximum atomic E-state index is 11.1. The third-order valence-corrected chi connectivity index (χ3v) is 1.82. The summed E-state index contributed by atoms with van der Waals surface area (Å²) in [6, 6.07) is 9.57. The van der Waals surface area contributed by atoms with E-state index in [0.29, 0.717) is 6.61 Å². The molecule has 88 valence electrons. The monoisotopic (exact) mass is 224 g/mol. The second-order valence-corrected chi connectivity index (χ2v) is 3.51. The van der Waals surface area contributed by atoms with Crippen molar-refractivity contribution in [1.82, 2.24) is 0 Å². The van der Waals surface area contributed by atoms with Gasteiger partial charge in [-0.1, -0.05) is 30.3 Å². The molecule has 0 bridgehead atoms. The first kappa shape index (κ1) is 12.7. The van der Waals surface area contributed by atoms with E-state index in [1.165, 1.54) is 0 Å². The summed E-state index contributed by atoms with van der Waals surface area (Å²) >= 11 is 0. The van der Waals surface area contributed by atoms with Crippen molar-refractivity contribution in [3.8, 4) is 0 Å². The smallest absolute Gasteiger partial charge is 0.332 e. The fraction of sp³-hybridized carbons (Fsp3) is 0.417. The first-order chi connectivity index (χ1) is 7.68. The van der Waals surface area contributed by atoms with Crippen molar-refractivity contribution in [2.75, 3.05) is 13.2 Å². The number of hydrogen-bond acceptors (Lipinski definition) is 4. The van der Waals surface area contributed by atoms with Crippen molar-refractivity contribution in [3.63, 3.8) is 0 Å². The molecule has 0 saturated carbocycles. The van der Waals surface area contributed by atoms with Gasteiger partial charge in [0.2, 0.25) is 0 Å². The zero-order valence-electron chi connectivity index (χ0n) is 9.26. The van der Waals surface area contributed by atoms with Crippen LogP contribution in [0.3, 0.4) is 0 Å². The molecule has 0 aliphatic heterocycles. The maximum absolute atomic E-state index is 11.1. The van der Waals surface area contributed by atoms with Gasteiger partial charge in [-0.05, 0) is 12.5 Å². The van der Waals surface area contributed by atoms with Crippen molar-refractivity contribution in [2.45, 2.75) is 19.6 Å². The molecule has 1 unspecified atom stereocenters. The van der Waals surface area contributed by atoms with E-state index in [0.717, 1.165) is 5.56 Å². The van der Waals surface area contributed by atoms with Crippen molar-refractivity contribution < 1.29 is 19.4 Å². The second-order valence-electron chi connectivity index (χ2n) is 3.51. The molecule has 0 amide bonds. The van der Waals surface area contributed by atoms with Gasteiger partial charge in [0.25, 0.3) is 0 Å². The molecule has 1 atom stereocenters. The van der Waals surface area contributed by atoms with Gasteiger partial charge in [-0.15, -0.1) is 0 Å². The highest BCUT2D eigenvalue weighted by Gasteiger charge is 2.04. The second kappa shape index (κ2) is 6.98. The van der Waals surface area contributed by atoms with Crippen LogP contribution in [0.5, 0.6) is 0 Å². The minimum Gasteiger partial charge on any atom is -0.461 e. The van der Waals surface area contributed by atoms with Gasteiger partial charge in [0.05, 0.1) is 12.7 Å². The Hall–Kier alpha value is -1.39. The standard InChI is InChI=1S/C12H16O4/c1-10(13)7-16-12(14)9-15-8-11-5-3-2-4-6-11/h2-6,10,13H,7-9H2,1H3. The lowest BCUT2D eigenvalue weighted by atomic mass is 10.2. The van der Waals surface area contributed by atoms with Gasteiger partial charge in [0.1, 0.15) is 13.2 Å². The van der Waals surface area contributed by atoms with Crippen molar-refractivity contribution >= 4 is 5.97 Å². The molecule has 1 rings (SSSR count). The SMILES string of the molecule is CC(O)COC(=O)COCc1ccccc1. The molecule has 0 saturated heterocycles. The minimum atomic E-state index is -0.641. The maximum Gasteiger partial charge on any atom is 0.332 e. The van der Waals surface area contributed by atoms with E-state index in [4.69, 9.17) is 14.6 Å². The number of hydrogen-bond donors (Lipinski definition) is 1. The minimum absolute atomic E-state index is 0.00747. The summed E-state index contributed by atoms with van der Waals surface area (Å²) in [4.78, 5) is 11.1. The van der Waals surface area contributed by atoms with Crippen LogP contribution in [0, 0.1) is 0 Å². The van der Waals surface area contributed by atoms with Gasteiger partial charge in [0.15, 0.2) is 0 Å². The van der Waals surface area contributed by atoms with Crippen LogP contribution in [0.15, 0.2) is 30.3 Å². The van der Waals surface area contributed by atoms with Crippen LogP contribution in [0.4, 0.5) is 0 Å². The summed E-state index contributed by atoms with van der Waals surface area (Å²) in [5.41, 5.74) is 1.01. The van der Waals surface area contributed by atoms with Crippen LogP contribution in [0.25, 0.3) is 0 Å². The molecule has 0 spiro atoms. The lowest BCUT2D eigenvalue weighted by Gasteiger charge is -2.07. The molecule has 0 aliphatic rings. The van der Waals surface area contributed by atoms with Gasteiger partial charge in [-0.3, -0.25) is 0 Å². The third-order valence-electron chi connectivity index (χ3n) is 1.82. The molecule has 1 N–H and O–H groups in total. The molecule has 0 aromatic heterocycles. The molecule has 1 aromatic carbocycles. The normalized spacial score (nSPS) is 12.1. The highest BCUT2D eigenvalue weighted by atomic mass is 16.6. The Morgan fingerprint density at radius 3 is 2.69 bits per heavy atom. The lowest BCUT2D eigenvalue weighted by Crippen LogP contribution is -2.18. The Kier molecular flexibility index (Phi) is 5.53. The zero-order chi connectivity index (χ0) is 11.8. The number of aliphatic hydroxyl groups is 1. The van der Waals surface area contributed by atoms with E-state index < -0.39 is 12.1 Å². The van der Waals surface area contributed by atoms with Gasteiger partial charge < -0.3 is 14.6 Å². The summed E-state index contributed by atoms with van der Waals surface area (Å²) < 4.78 is 9.89. The van der Waals surface area contributed by atoms with E-state index >= 15 is 0 Å². The van der Waals surface area contributed by atoms with Crippen LogP contribution < -0.4 is 0 Å². The lowest BCUT2D eigenvalue weighted by molar-refractivity contribution is -0.152. The number of esters is 1. The summed E-state index contributed by atoms with van der Waals surface area (Å²) in [6.07, 6.45) is -0.641. The van der Waals surface area contributed by atoms with Crippen molar-refractivity contribution in [3.05, 3.63) is 35.9 Å². The molecule has 4 nitrogen and oxygen atoms in total. The topological polar surface area (TPSA) is 55.8 Å². The third kappa shape index (κ3) is 5.48. The van der Waals surface area contributed by atoms with Crippen LogP contribution in [-0.2, 0) is 20.9 Å². The van der Waals surface area contributed by atoms with Gasteiger partial charge in [-0.2, -0.15) is 0 Å². The number of rotatable bonds is 6. The number of carbonyl (C=O) groups excluding carboxylic acids is 1. The largest absolute Gasteiger partial charge is 0.461 e. The van der Waals surface area contributed by atoms with E-state index in [9.17, 15) is 4.79 Å². The van der Waals surface area contributed by atoms with Gasteiger partial charge in [0, 0.05) is 0 Å². The number of carbonyl (C=O) groups is 1. The zero-order valence-corrected chi connectivity index (χ0v) is 9.26. The quantitative estimate of drug-likeness (QED) is 0.736. The summed E-state index contributed by atoms with van der Waals surface area (Å²) in [5, 5.41) is 8.89. The molecule has 0 heterocycles. The summed E-state index contributed by atoms with van der Waals surface area (Å²) in [6.45, 7) is 1.85. The summed E-state index contributed by atoms with van der Waals surface area (Å²) in [7, 11) is 0. The molecule has 4 heteroatoms. The molecule has 1 aromatic rings. The highest BCUT2D eigenvalue weighted by molar-refractivity contribution is 5.70. The van der Waals surface area contributed by atoms with Crippen LogP contribution in [0.1, 0.15) is 12.5 Å². The van der Waals surface area contributed by atoms with Crippen molar-refractivity contribution in [2.24, 2.45) is 0 Å². The first-order valence-corrected chi connectivity index (χ1v) is 5.14. The fourth-order valence-electron chi connectivity index (χ4n) is 1.08. The van der Waals surface area contributed by atoms with E-state index in [1.54, 1.807) is 6.92 Å². The molecule has 0 aliphatic carbocycles. The Labute approximate surface area is 94.8 Å². The van der Waals surface area contributed by atoms with Gasteiger partial charge >= 0.3 is 5.97 Å². The van der Waals surface area contributed by atoms with Crippen molar-refractivity contribution in [1.29, 1.82) is 0 Å². The molecule has 16 heavy (non-hydrogen) atoms. The Bertz CT molecular complexity index is 308. The highest BCUT2D eigenvalue weighted by Crippen LogP contribution is 2.00. The summed E-state index contributed by atoms with van der Waals surface area (Å²) in [5.74, 6) is -0.461. The molecular weight excluding hydrogens is 208 g/mol. The molecule has 0 radical (unpaired) electrons. The van der Waals surface area contributed by atoms with E-state index in [-0.39, 0.29) is 13.2 Å². The Morgan fingerprint density at radius 2 is 2.06 bits per heavy atom. The van der Waals surface area contributed by atoms with E-state index in [2.05, 4.69) is 0 Å². The fourth-order valence-corrected chi connectivity index (χ4v) is 1.08. The number of ether oxygens (including phenoxy) is 2. The Balaban J connectivity index is 2.13. The number of benzene rings is 1. The van der Waals surface area contributed by atoms with Crippen LogP contribution in [0.2, 0.25) is 0 Å². The predicted octanol–water partition coefficient (Wildman–Crippen LogP) is 1.13. The predicted molar refractivity (Wildman–Crippen MR) is 58.7 cm³/mol. The average molecular weight is 224 g/mol. The van der Waals surface area contributed by atoms with Gasteiger partial charge in [-0.25, -0.2) is 4.79 Å². The average Bonchev–Trinajstić information content (AvgIpc) is 2.28. The van der Waals surface area contributed by atoms with E-state index in [1.807, 2.05) is 30.3 Å². The molecule has 0 fully saturated rings. The first-order valence-electron chi connectivity index (χ1n) is 5.14. The number of aliphatic hydroxyl groups excluding tert-OH is 1. The van der Waals surface area contributed by atoms with Crippen LogP contribution in [-0.4, -0.2) is 30.4 Å². The Morgan fingerprint density at radius 1 is 1.38 bits per heavy atom. The van der Waals surface area contributed by atoms with Crippen LogP contribution >= 0.6 is 0 Å². The molecular formula is C12H16O4.